The van der Waals surface area contributed by atoms with Crippen molar-refractivity contribution in [1.29, 1.82) is 0 Å². The molecule has 0 radical (unpaired) electrons. The lowest BCUT2D eigenvalue weighted by molar-refractivity contribution is -0.143. The van der Waals surface area contributed by atoms with Gasteiger partial charge in [-0.25, -0.2) is 0 Å². The maximum Gasteiger partial charge on any atom is 0.251 e. The number of carbonyl (C=O) groups excluding carboxylic acids is 1. The molecule has 0 aromatic heterocycles. The van der Waals surface area contributed by atoms with E-state index in [1.807, 2.05) is 43.0 Å². The summed E-state index contributed by atoms with van der Waals surface area (Å²) in [6, 6.07) is 7.80. The average Bonchev–Trinajstić information content (AvgIpc) is 2.91. The Labute approximate surface area is 150 Å². The average molecular weight is 350 g/mol. The summed E-state index contributed by atoms with van der Waals surface area (Å²) in [6.07, 6.45) is 0.437. The standard InChI is InChI=1S/C19H30N2O4/c1-15(13-22)20-8-5-9-21(11-10-20)19(23)16(2)25-14-17-6-4-7-18(12-17)24-3/h4,6-7,12,15-16,22H,5,8-11,13-14H2,1-3H3/t15-,16+/m0/s1. The lowest BCUT2D eigenvalue weighted by Gasteiger charge is -2.27. The Morgan fingerprint density at radius 3 is 2.76 bits per heavy atom. The van der Waals surface area contributed by atoms with Gasteiger partial charge in [0.15, 0.2) is 0 Å². The quantitative estimate of drug-likeness (QED) is 0.808. The summed E-state index contributed by atoms with van der Waals surface area (Å²) in [4.78, 5) is 16.8. The zero-order chi connectivity index (χ0) is 18.2. The molecular weight excluding hydrogens is 320 g/mol. The molecule has 0 spiro atoms. The zero-order valence-electron chi connectivity index (χ0n) is 15.5. The number of benzene rings is 1. The first-order chi connectivity index (χ1) is 12.0. The largest absolute Gasteiger partial charge is 0.497 e. The van der Waals surface area contributed by atoms with Crippen molar-refractivity contribution in [2.75, 3.05) is 39.9 Å². The molecule has 2 rings (SSSR count). The molecule has 6 nitrogen and oxygen atoms in total. The SMILES string of the molecule is COc1cccc(CO[C@H](C)C(=O)N2CCCN([C@@H](C)CO)CC2)c1. The number of methoxy groups -OCH3 is 1. The second kappa shape index (κ2) is 9.75. The third-order valence-electron chi connectivity index (χ3n) is 4.71. The van der Waals surface area contributed by atoms with Gasteiger partial charge >= 0.3 is 0 Å². The first-order valence-corrected chi connectivity index (χ1v) is 8.93. The van der Waals surface area contributed by atoms with Gasteiger partial charge in [0, 0.05) is 32.2 Å². The van der Waals surface area contributed by atoms with E-state index in [4.69, 9.17) is 9.47 Å². The number of carbonyl (C=O) groups is 1. The predicted octanol–water partition coefficient (Wildman–Crippen LogP) is 1.52. The molecule has 6 heteroatoms. The van der Waals surface area contributed by atoms with E-state index in [9.17, 15) is 9.90 Å². The molecular formula is C19H30N2O4. The summed E-state index contributed by atoms with van der Waals surface area (Å²) in [5, 5.41) is 9.31. The summed E-state index contributed by atoms with van der Waals surface area (Å²) in [7, 11) is 1.63. The van der Waals surface area contributed by atoms with E-state index in [1.54, 1.807) is 7.11 Å². The van der Waals surface area contributed by atoms with Crippen molar-refractivity contribution in [3.8, 4) is 5.75 Å². The third kappa shape index (κ3) is 5.70. The van der Waals surface area contributed by atoms with Crippen LogP contribution < -0.4 is 4.74 Å². The highest BCUT2D eigenvalue weighted by atomic mass is 16.5. The van der Waals surface area contributed by atoms with E-state index in [1.165, 1.54) is 0 Å². The lowest BCUT2D eigenvalue weighted by atomic mass is 10.2. The molecule has 140 valence electrons. The number of hydrogen-bond acceptors (Lipinski definition) is 5. The van der Waals surface area contributed by atoms with Gasteiger partial charge in [0.05, 0.1) is 20.3 Å². The van der Waals surface area contributed by atoms with E-state index in [-0.39, 0.29) is 18.6 Å². The molecule has 1 aromatic rings. The molecule has 1 amide bonds. The topological polar surface area (TPSA) is 62.2 Å². The van der Waals surface area contributed by atoms with E-state index in [0.717, 1.165) is 37.4 Å². The summed E-state index contributed by atoms with van der Waals surface area (Å²) in [5.41, 5.74) is 0.984. The molecule has 1 saturated heterocycles. The van der Waals surface area contributed by atoms with E-state index in [0.29, 0.717) is 13.2 Å². The minimum Gasteiger partial charge on any atom is -0.497 e. The molecule has 1 fully saturated rings. The van der Waals surface area contributed by atoms with Gasteiger partial charge in [-0.05, 0) is 38.0 Å². The van der Waals surface area contributed by atoms with Crippen LogP contribution in [-0.4, -0.2) is 72.9 Å². The molecule has 25 heavy (non-hydrogen) atoms. The van der Waals surface area contributed by atoms with Gasteiger partial charge in [-0.1, -0.05) is 12.1 Å². The summed E-state index contributed by atoms with van der Waals surface area (Å²) >= 11 is 0. The van der Waals surface area contributed by atoms with E-state index < -0.39 is 6.10 Å². The number of aliphatic hydroxyl groups is 1. The molecule has 2 atom stereocenters. The summed E-state index contributed by atoms with van der Waals surface area (Å²) in [5.74, 6) is 0.812. The molecule has 1 N–H and O–H groups in total. The van der Waals surface area contributed by atoms with Crippen molar-refractivity contribution in [3.05, 3.63) is 29.8 Å². The van der Waals surface area contributed by atoms with Crippen molar-refractivity contribution in [1.82, 2.24) is 9.80 Å². The summed E-state index contributed by atoms with van der Waals surface area (Å²) < 4.78 is 11.0. The first-order valence-electron chi connectivity index (χ1n) is 8.93. The van der Waals surface area contributed by atoms with E-state index in [2.05, 4.69) is 4.90 Å². The van der Waals surface area contributed by atoms with Crippen LogP contribution in [0.1, 0.15) is 25.8 Å². The predicted molar refractivity (Wildman–Crippen MR) is 96.6 cm³/mol. The maximum atomic E-state index is 12.6. The number of hydrogen-bond donors (Lipinski definition) is 1. The summed E-state index contributed by atoms with van der Waals surface area (Å²) in [6.45, 7) is 7.45. The Morgan fingerprint density at radius 1 is 1.24 bits per heavy atom. The van der Waals surface area contributed by atoms with Crippen LogP contribution in [0, 0.1) is 0 Å². The second-order valence-corrected chi connectivity index (χ2v) is 6.55. The van der Waals surface area contributed by atoms with Gasteiger partial charge < -0.3 is 19.5 Å². The van der Waals surface area contributed by atoms with Crippen LogP contribution in [0.2, 0.25) is 0 Å². The highest BCUT2D eigenvalue weighted by molar-refractivity contribution is 5.80. The van der Waals surface area contributed by atoms with Crippen LogP contribution >= 0.6 is 0 Å². The molecule has 0 saturated carbocycles. The number of ether oxygens (including phenoxy) is 2. The molecule has 1 aromatic carbocycles. The molecule has 1 aliphatic rings. The highest BCUT2D eigenvalue weighted by Gasteiger charge is 2.25. The Hall–Kier alpha value is -1.63. The smallest absolute Gasteiger partial charge is 0.251 e. The Kier molecular flexibility index (Phi) is 7.68. The monoisotopic (exact) mass is 350 g/mol. The molecule has 0 aliphatic carbocycles. The van der Waals surface area contributed by atoms with Gasteiger partial charge in [0.25, 0.3) is 5.91 Å². The lowest BCUT2D eigenvalue weighted by Crippen LogP contribution is -2.42. The van der Waals surface area contributed by atoms with Crippen molar-refractivity contribution in [2.45, 2.75) is 39.0 Å². The fourth-order valence-corrected chi connectivity index (χ4v) is 3.03. The highest BCUT2D eigenvalue weighted by Crippen LogP contribution is 2.15. The van der Waals surface area contributed by atoms with Gasteiger partial charge in [0.1, 0.15) is 11.9 Å². The maximum absolute atomic E-state index is 12.6. The van der Waals surface area contributed by atoms with Gasteiger partial charge in [-0.2, -0.15) is 0 Å². The van der Waals surface area contributed by atoms with E-state index >= 15 is 0 Å². The molecule has 0 bridgehead atoms. The van der Waals surface area contributed by atoms with Crippen molar-refractivity contribution < 1.29 is 19.4 Å². The fourth-order valence-electron chi connectivity index (χ4n) is 3.03. The second-order valence-electron chi connectivity index (χ2n) is 6.55. The van der Waals surface area contributed by atoms with Crippen LogP contribution in [-0.2, 0) is 16.1 Å². The number of nitrogens with zero attached hydrogens (tertiary/aromatic N) is 2. The van der Waals surface area contributed by atoms with Gasteiger partial charge in [-0.3, -0.25) is 9.69 Å². The fraction of sp³-hybridized carbons (Fsp3) is 0.632. The minimum absolute atomic E-state index is 0.0291. The van der Waals surface area contributed by atoms with Crippen LogP contribution in [0.15, 0.2) is 24.3 Å². The number of rotatable bonds is 7. The van der Waals surface area contributed by atoms with Crippen LogP contribution in [0.25, 0.3) is 0 Å². The first kappa shape index (κ1) is 19.7. The van der Waals surface area contributed by atoms with Gasteiger partial charge in [-0.15, -0.1) is 0 Å². The Morgan fingerprint density at radius 2 is 2.04 bits per heavy atom. The molecule has 1 heterocycles. The zero-order valence-corrected chi connectivity index (χ0v) is 15.5. The number of amides is 1. The number of aliphatic hydroxyl groups excluding tert-OH is 1. The minimum atomic E-state index is -0.479. The van der Waals surface area contributed by atoms with Crippen molar-refractivity contribution in [2.24, 2.45) is 0 Å². The van der Waals surface area contributed by atoms with Crippen molar-refractivity contribution >= 4 is 5.91 Å². The normalized spacial score (nSPS) is 18.5. The Balaban J connectivity index is 1.84. The van der Waals surface area contributed by atoms with Crippen LogP contribution in [0.4, 0.5) is 0 Å². The van der Waals surface area contributed by atoms with Gasteiger partial charge in [0.2, 0.25) is 0 Å². The Bertz CT molecular complexity index is 552. The molecule has 0 unspecified atom stereocenters. The molecule has 1 aliphatic heterocycles. The van der Waals surface area contributed by atoms with Crippen LogP contribution in [0.3, 0.4) is 0 Å². The third-order valence-corrected chi connectivity index (χ3v) is 4.71. The van der Waals surface area contributed by atoms with Crippen LogP contribution in [0.5, 0.6) is 5.75 Å². The van der Waals surface area contributed by atoms with Crippen molar-refractivity contribution in [3.63, 3.8) is 0 Å².